The molecular weight excluding hydrogens is 1090 g/mol. The molecular formula is C60H106N14O11. The fourth-order valence-electron chi connectivity index (χ4n) is 10.2. The van der Waals surface area contributed by atoms with Crippen molar-refractivity contribution in [1.29, 1.82) is 0 Å². The lowest BCUT2D eigenvalue weighted by atomic mass is 9.85. The van der Waals surface area contributed by atoms with Gasteiger partial charge in [-0.3, -0.25) is 47.9 Å². The smallest absolute Gasteiger partial charge is 0.245 e. The average Bonchev–Trinajstić information content (AvgIpc) is 3.68. The number of primary amides is 1. The highest BCUT2D eigenvalue weighted by Crippen LogP contribution is 2.27. The zero-order valence-corrected chi connectivity index (χ0v) is 51.7. The van der Waals surface area contributed by atoms with Gasteiger partial charge in [-0.05, 0) is 87.4 Å². The minimum Gasteiger partial charge on any atom is -0.394 e. The van der Waals surface area contributed by atoms with E-state index in [0.29, 0.717) is 30.7 Å². The minimum atomic E-state index is -1.38. The molecule has 0 aromatic heterocycles. The Morgan fingerprint density at radius 2 is 1.06 bits per heavy atom. The van der Waals surface area contributed by atoms with Crippen LogP contribution in [0.3, 0.4) is 0 Å². The molecule has 0 saturated heterocycles. The van der Waals surface area contributed by atoms with Crippen LogP contribution in [0, 0.1) is 23.7 Å². The standard InChI is InChI=1S/C60H106N14O11/c1-8-10-11-12-13-20-31-74(35-49(76)66-48(36-75)52(65)77)60(85)50(38(5)6)72-55(80)45(27-30-63)68-57(82)46(32-37(3)4)70-58(83)47(34-41-23-18-15-19-24-41)71-54(79)43(25-28-61)69-59(84)51(39(7)9-2)73-56(81)44(26-29-62)67-53(78)42(64)33-40-21-16-14-17-22-40/h15,18-19,23-24,37-40,42-48,50-51,75H,8-14,16-17,20-22,25-36,61-64H2,1-7H3,(H2,65,77)(H,66,76)(H,67,78)(H,68,82)(H,69,84)(H,70,83)(H,71,79)(H,72,80)(H,73,81)/t39?,42?,43-,44-,45-,46-,47+,48-,50+,51-/m0/s1. The van der Waals surface area contributed by atoms with Crippen LogP contribution >= 0.6 is 0 Å². The summed E-state index contributed by atoms with van der Waals surface area (Å²) in [6.07, 6.45) is 11.4. The molecule has 0 heterocycles. The number of nitrogens with zero attached hydrogens (tertiary/aromatic N) is 1. The number of carbonyl (C=O) groups excluding carboxylic acids is 10. The Labute approximate surface area is 503 Å². The first kappa shape index (κ1) is 74.8. The second-order valence-electron chi connectivity index (χ2n) is 23.5. The summed E-state index contributed by atoms with van der Waals surface area (Å²) >= 11 is 0. The molecule has 0 aliphatic heterocycles. The minimum absolute atomic E-state index is 0.0470. The second-order valence-corrected chi connectivity index (χ2v) is 23.5. The van der Waals surface area contributed by atoms with Crippen molar-refractivity contribution in [2.75, 3.05) is 39.3 Å². The first-order valence-corrected chi connectivity index (χ1v) is 31.0. The van der Waals surface area contributed by atoms with Gasteiger partial charge in [0.15, 0.2) is 0 Å². The molecule has 482 valence electrons. The quantitative estimate of drug-likeness (QED) is 0.0379. The van der Waals surface area contributed by atoms with Crippen LogP contribution in [-0.2, 0) is 54.4 Å². The first-order chi connectivity index (χ1) is 40.4. The number of hydrogen-bond donors (Lipinski definition) is 14. The monoisotopic (exact) mass is 1200 g/mol. The number of nitrogens with one attached hydrogen (secondary N) is 8. The molecule has 0 spiro atoms. The van der Waals surface area contributed by atoms with Gasteiger partial charge in [-0.25, -0.2) is 0 Å². The normalized spacial score (nSPS) is 16.2. The number of rotatable bonds is 42. The predicted molar refractivity (Wildman–Crippen MR) is 326 cm³/mol. The van der Waals surface area contributed by atoms with E-state index in [0.717, 1.165) is 64.2 Å². The van der Waals surface area contributed by atoms with E-state index in [2.05, 4.69) is 49.5 Å². The third-order valence-corrected chi connectivity index (χ3v) is 15.5. The molecule has 1 fully saturated rings. The summed E-state index contributed by atoms with van der Waals surface area (Å²) < 4.78 is 0. The number of benzene rings is 1. The van der Waals surface area contributed by atoms with Gasteiger partial charge < -0.3 is 81.2 Å². The van der Waals surface area contributed by atoms with Gasteiger partial charge in [-0.15, -0.1) is 0 Å². The second kappa shape index (κ2) is 40.9. The van der Waals surface area contributed by atoms with Crippen LogP contribution in [0.5, 0.6) is 0 Å². The first-order valence-electron chi connectivity index (χ1n) is 31.0. The van der Waals surface area contributed by atoms with Crippen molar-refractivity contribution in [3.05, 3.63) is 35.9 Å². The molecule has 10 atom stereocenters. The van der Waals surface area contributed by atoms with Crippen LogP contribution in [-0.4, -0.2) is 163 Å². The molecule has 1 aliphatic rings. The number of nitrogens with two attached hydrogens (primary N) is 5. The molecule has 2 unspecified atom stereocenters. The highest BCUT2D eigenvalue weighted by atomic mass is 16.3. The van der Waals surface area contributed by atoms with Crippen molar-refractivity contribution in [2.24, 2.45) is 52.3 Å². The fraction of sp³-hybridized carbons (Fsp3) is 0.733. The zero-order chi connectivity index (χ0) is 63.6. The van der Waals surface area contributed by atoms with Gasteiger partial charge in [0.1, 0.15) is 48.3 Å². The predicted octanol–water partition coefficient (Wildman–Crippen LogP) is -0.134. The van der Waals surface area contributed by atoms with Gasteiger partial charge in [0.25, 0.3) is 0 Å². The van der Waals surface area contributed by atoms with Crippen molar-refractivity contribution in [3.63, 3.8) is 0 Å². The number of carbonyl (C=O) groups is 10. The van der Waals surface area contributed by atoms with E-state index in [1.54, 1.807) is 51.1 Å². The molecule has 2 rings (SSSR count). The molecule has 19 N–H and O–H groups in total. The summed E-state index contributed by atoms with van der Waals surface area (Å²) in [5.74, 6) is -8.12. The number of unbranched alkanes of at least 4 members (excludes halogenated alkanes) is 5. The van der Waals surface area contributed by atoms with Crippen molar-refractivity contribution >= 4 is 59.1 Å². The molecule has 0 radical (unpaired) electrons. The number of aliphatic hydroxyl groups is 1. The Morgan fingerprint density at radius 3 is 1.58 bits per heavy atom. The largest absolute Gasteiger partial charge is 0.394 e. The van der Waals surface area contributed by atoms with Gasteiger partial charge in [-0.2, -0.15) is 0 Å². The molecule has 25 nitrogen and oxygen atoms in total. The Bertz CT molecular complexity index is 2240. The maximum Gasteiger partial charge on any atom is 0.245 e. The molecule has 25 heteroatoms. The SMILES string of the molecule is CCCCCCCCN(CC(=O)N[C@@H](CO)C(N)=O)C(=O)[C@H](NC(=O)[C@H](CCN)NC(=O)[C@H](CC(C)C)NC(=O)[C@@H](Cc1ccccc1)NC(=O)[C@H](CCN)NC(=O)[C@@H](NC(=O)[C@H](CCN)NC(=O)C(N)CC1CCCCC1)C(C)CC)C(C)C. The van der Waals surface area contributed by atoms with E-state index in [1.807, 2.05) is 20.8 Å². The molecule has 1 saturated carbocycles. The van der Waals surface area contributed by atoms with Gasteiger partial charge in [0, 0.05) is 13.0 Å². The highest BCUT2D eigenvalue weighted by molar-refractivity contribution is 5.98. The Morgan fingerprint density at radius 1 is 0.576 bits per heavy atom. The summed E-state index contributed by atoms with van der Waals surface area (Å²) in [5, 5.41) is 31.3. The van der Waals surface area contributed by atoms with Crippen LogP contribution in [0.1, 0.15) is 163 Å². The summed E-state index contributed by atoms with van der Waals surface area (Å²) in [6.45, 7) is 11.5. The van der Waals surface area contributed by atoms with E-state index in [9.17, 15) is 53.1 Å². The van der Waals surface area contributed by atoms with Gasteiger partial charge in [-0.1, -0.05) is 149 Å². The van der Waals surface area contributed by atoms with Gasteiger partial charge in [0.05, 0.1) is 19.2 Å². The highest BCUT2D eigenvalue weighted by Gasteiger charge is 2.37. The molecule has 1 aromatic rings. The number of aliphatic hydroxyl groups excluding tert-OH is 1. The lowest BCUT2D eigenvalue weighted by Gasteiger charge is -2.31. The Kier molecular flexibility index (Phi) is 36.0. The summed E-state index contributed by atoms with van der Waals surface area (Å²) in [7, 11) is 0. The lowest BCUT2D eigenvalue weighted by Crippen LogP contribution is -2.61. The zero-order valence-electron chi connectivity index (χ0n) is 51.7. The molecule has 1 aromatic carbocycles. The maximum absolute atomic E-state index is 14.6. The third-order valence-electron chi connectivity index (χ3n) is 15.5. The maximum atomic E-state index is 14.6. The van der Waals surface area contributed by atoms with Crippen LogP contribution in [0.4, 0.5) is 0 Å². The van der Waals surface area contributed by atoms with Crippen LogP contribution in [0.15, 0.2) is 30.3 Å². The van der Waals surface area contributed by atoms with Crippen LogP contribution in [0.25, 0.3) is 0 Å². The van der Waals surface area contributed by atoms with Crippen molar-refractivity contribution in [3.8, 4) is 0 Å². The molecule has 10 amide bonds. The number of amides is 10. The van der Waals surface area contributed by atoms with E-state index in [4.69, 9.17) is 28.7 Å². The third kappa shape index (κ3) is 27.8. The average molecular weight is 1200 g/mol. The van der Waals surface area contributed by atoms with Crippen LogP contribution < -0.4 is 71.2 Å². The lowest BCUT2D eigenvalue weighted by molar-refractivity contribution is -0.141. The van der Waals surface area contributed by atoms with Gasteiger partial charge >= 0.3 is 0 Å². The van der Waals surface area contributed by atoms with Gasteiger partial charge in [0.2, 0.25) is 59.1 Å². The molecule has 85 heavy (non-hydrogen) atoms. The van der Waals surface area contributed by atoms with E-state index >= 15 is 0 Å². The molecule has 0 bridgehead atoms. The van der Waals surface area contributed by atoms with Crippen molar-refractivity contribution in [1.82, 2.24) is 47.4 Å². The molecule has 1 aliphatic carbocycles. The Hall–Kier alpha value is -6.28. The van der Waals surface area contributed by atoms with Crippen molar-refractivity contribution in [2.45, 2.75) is 218 Å². The van der Waals surface area contributed by atoms with Crippen molar-refractivity contribution < 1.29 is 53.1 Å². The van der Waals surface area contributed by atoms with E-state index < -0.39 is 138 Å². The fourth-order valence-corrected chi connectivity index (χ4v) is 10.2. The summed E-state index contributed by atoms with van der Waals surface area (Å²) in [4.78, 5) is 140. The van der Waals surface area contributed by atoms with Crippen LogP contribution in [0.2, 0.25) is 0 Å². The Balaban J connectivity index is 2.40. The summed E-state index contributed by atoms with van der Waals surface area (Å²) in [5.41, 5.74) is 30.2. The summed E-state index contributed by atoms with van der Waals surface area (Å²) in [6, 6.07) is -2.14. The van der Waals surface area contributed by atoms with E-state index in [-0.39, 0.29) is 64.2 Å². The number of hydrogen-bond acceptors (Lipinski definition) is 15. The topological polar surface area (TPSA) is 421 Å². The van der Waals surface area contributed by atoms with E-state index in [1.165, 1.54) is 4.90 Å².